The number of benzene rings is 2. The summed E-state index contributed by atoms with van der Waals surface area (Å²) in [7, 11) is 0. The van der Waals surface area contributed by atoms with E-state index in [0.717, 1.165) is 21.3 Å². The lowest BCUT2D eigenvalue weighted by Gasteiger charge is -2.09. The Bertz CT molecular complexity index is 660. The summed E-state index contributed by atoms with van der Waals surface area (Å²) in [6.45, 7) is 2.32. The van der Waals surface area contributed by atoms with Gasteiger partial charge in [-0.1, -0.05) is 34.2 Å². The van der Waals surface area contributed by atoms with Gasteiger partial charge in [-0.15, -0.1) is 0 Å². The first-order valence-corrected chi connectivity index (χ1v) is 7.14. The minimum absolute atomic E-state index is 0.0452. The van der Waals surface area contributed by atoms with Crippen LogP contribution in [0.5, 0.6) is 5.75 Å². The highest BCUT2D eigenvalue weighted by Crippen LogP contribution is 2.22. The van der Waals surface area contributed by atoms with Crippen molar-refractivity contribution in [2.45, 2.75) is 13.5 Å². The van der Waals surface area contributed by atoms with Crippen molar-refractivity contribution in [2.24, 2.45) is 5.73 Å². The summed E-state index contributed by atoms with van der Waals surface area (Å²) in [5.41, 5.74) is 7.62. The predicted molar refractivity (Wildman–Crippen MR) is 85.5 cm³/mol. The molecule has 0 aliphatic rings. The molecule has 0 atom stereocenters. The zero-order chi connectivity index (χ0) is 14.7. The van der Waals surface area contributed by atoms with Gasteiger partial charge in [-0.3, -0.25) is 0 Å². The lowest BCUT2D eigenvalue weighted by atomic mass is 10.1. The monoisotopic (exact) mass is 353 g/mol. The van der Waals surface area contributed by atoms with Crippen molar-refractivity contribution in [1.82, 2.24) is 0 Å². The van der Waals surface area contributed by atoms with Gasteiger partial charge in [-0.2, -0.15) is 0 Å². The molecule has 0 heterocycles. The molecule has 0 bridgehead atoms. The van der Waals surface area contributed by atoms with E-state index in [2.05, 4.69) is 15.9 Å². The summed E-state index contributed by atoms with van der Waals surface area (Å²) in [4.78, 5) is 0.0452. The standard InChI is InChI=1S/C15H13BrFNOS/c1-9-6-11(3-4-13(9)16)19-8-10-2-5-14(17)12(7-10)15(18)20/h2-7H,8H2,1H3,(H2,18,20). The third-order valence-corrected chi connectivity index (χ3v) is 3.94. The number of nitrogens with two attached hydrogens (primary N) is 1. The second kappa shape index (κ2) is 6.33. The van der Waals surface area contributed by atoms with E-state index in [9.17, 15) is 4.39 Å². The first-order valence-electron chi connectivity index (χ1n) is 5.94. The lowest BCUT2D eigenvalue weighted by molar-refractivity contribution is 0.306. The van der Waals surface area contributed by atoms with Crippen LogP contribution in [0.3, 0.4) is 0 Å². The average molecular weight is 354 g/mol. The minimum atomic E-state index is -0.416. The highest BCUT2D eigenvalue weighted by Gasteiger charge is 2.07. The van der Waals surface area contributed by atoms with Crippen LogP contribution in [0.1, 0.15) is 16.7 Å². The van der Waals surface area contributed by atoms with Gasteiger partial charge in [0.2, 0.25) is 0 Å². The molecule has 0 saturated carbocycles. The third-order valence-electron chi connectivity index (χ3n) is 2.83. The zero-order valence-electron chi connectivity index (χ0n) is 10.8. The Morgan fingerprint density at radius 1 is 1.30 bits per heavy atom. The number of halogens is 2. The normalized spacial score (nSPS) is 10.3. The van der Waals surface area contributed by atoms with Crippen molar-refractivity contribution in [1.29, 1.82) is 0 Å². The van der Waals surface area contributed by atoms with Gasteiger partial charge in [0, 0.05) is 10.0 Å². The molecule has 0 saturated heterocycles. The molecule has 20 heavy (non-hydrogen) atoms. The van der Waals surface area contributed by atoms with E-state index < -0.39 is 5.82 Å². The molecular weight excluding hydrogens is 341 g/mol. The molecule has 5 heteroatoms. The van der Waals surface area contributed by atoms with Crippen LogP contribution in [0.25, 0.3) is 0 Å². The van der Waals surface area contributed by atoms with E-state index in [-0.39, 0.29) is 10.6 Å². The molecule has 2 rings (SSSR count). The molecule has 0 aliphatic heterocycles. The van der Waals surface area contributed by atoms with Gasteiger partial charge in [0.25, 0.3) is 0 Å². The Labute approximate surface area is 130 Å². The average Bonchev–Trinajstić information content (AvgIpc) is 2.41. The molecule has 104 valence electrons. The van der Waals surface area contributed by atoms with E-state index >= 15 is 0 Å². The SMILES string of the molecule is Cc1cc(OCc2ccc(F)c(C(N)=S)c2)ccc1Br. The van der Waals surface area contributed by atoms with Crippen molar-refractivity contribution < 1.29 is 9.13 Å². The van der Waals surface area contributed by atoms with E-state index in [1.54, 1.807) is 12.1 Å². The molecule has 2 N–H and O–H groups in total. The van der Waals surface area contributed by atoms with E-state index in [0.29, 0.717) is 6.61 Å². The highest BCUT2D eigenvalue weighted by atomic mass is 79.9. The first kappa shape index (κ1) is 14.9. The Morgan fingerprint density at radius 3 is 2.70 bits per heavy atom. The maximum absolute atomic E-state index is 13.5. The molecule has 2 aromatic rings. The van der Waals surface area contributed by atoms with Gasteiger partial charge in [-0.05, 0) is 48.4 Å². The Kier molecular flexibility index (Phi) is 4.73. The van der Waals surface area contributed by atoms with Gasteiger partial charge in [0.1, 0.15) is 23.2 Å². The fourth-order valence-corrected chi connectivity index (χ4v) is 2.13. The van der Waals surface area contributed by atoms with Crippen molar-refractivity contribution in [3.8, 4) is 5.75 Å². The Hall–Kier alpha value is -1.46. The van der Waals surface area contributed by atoms with Crippen LogP contribution >= 0.6 is 28.1 Å². The van der Waals surface area contributed by atoms with Crippen molar-refractivity contribution in [3.63, 3.8) is 0 Å². The van der Waals surface area contributed by atoms with E-state index in [1.807, 2.05) is 25.1 Å². The summed E-state index contributed by atoms with van der Waals surface area (Å²) < 4.78 is 20.2. The van der Waals surface area contributed by atoms with Crippen molar-refractivity contribution in [3.05, 3.63) is 63.4 Å². The molecule has 0 amide bonds. The van der Waals surface area contributed by atoms with Crippen LogP contribution in [0.15, 0.2) is 40.9 Å². The molecule has 0 fully saturated rings. The highest BCUT2D eigenvalue weighted by molar-refractivity contribution is 9.10. The summed E-state index contributed by atoms with van der Waals surface area (Å²) in [5, 5.41) is 0. The van der Waals surface area contributed by atoms with Gasteiger partial charge < -0.3 is 10.5 Å². The molecular formula is C15H13BrFNOS. The molecule has 0 aromatic heterocycles. The van der Waals surface area contributed by atoms with Crippen molar-refractivity contribution in [2.75, 3.05) is 0 Å². The molecule has 0 aliphatic carbocycles. The number of aryl methyl sites for hydroxylation is 1. The Balaban J connectivity index is 2.12. The van der Waals surface area contributed by atoms with Crippen LogP contribution in [-0.2, 0) is 6.61 Å². The Morgan fingerprint density at radius 2 is 2.05 bits per heavy atom. The fraction of sp³-hybridized carbons (Fsp3) is 0.133. The van der Waals surface area contributed by atoms with Gasteiger partial charge in [0.15, 0.2) is 0 Å². The number of hydrogen-bond acceptors (Lipinski definition) is 2. The van der Waals surface area contributed by atoms with Crippen LogP contribution in [-0.4, -0.2) is 4.99 Å². The molecule has 0 spiro atoms. The predicted octanol–water partition coefficient (Wildman–Crippen LogP) is 4.11. The summed E-state index contributed by atoms with van der Waals surface area (Å²) in [6, 6.07) is 10.3. The lowest BCUT2D eigenvalue weighted by Crippen LogP contribution is -2.12. The van der Waals surface area contributed by atoms with E-state index in [4.69, 9.17) is 22.7 Å². The molecule has 0 radical (unpaired) electrons. The molecule has 2 nitrogen and oxygen atoms in total. The first-order chi connectivity index (χ1) is 9.47. The molecule has 2 aromatic carbocycles. The smallest absolute Gasteiger partial charge is 0.133 e. The number of hydrogen-bond donors (Lipinski definition) is 1. The quantitative estimate of drug-likeness (QED) is 0.840. The zero-order valence-corrected chi connectivity index (χ0v) is 13.2. The van der Waals surface area contributed by atoms with Crippen LogP contribution in [0.2, 0.25) is 0 Å². The van der Waals surface area contributed by atoms with Crippen molar-refractivity contribution >= 4 is 33.1 Å². The largest absolute Gasteiger partial charge is 0.489 e. The second-order valence-corrected chi connectivity index (χ2v) is 5.67. The fourth-order valence-electron chi connectivity index (χ4n) is 1.72. The topological polar surface area (TPSA) is 35.2 Å². The number of thiocarbonyl (C=S) groups is 1. The van der Waals surface area contributed by atoms with Crippen LogP contribution in [0.4, 0.5) is 4.39 Å². The second-order valence-electron chi connectivity index (χ2n) is 4.38. The van der Waals surface area contributed by atoms with Crippen LogP contribution < -0.4 is 10.5 Å². The van der Waals surface area contributed by atoms with Gasteiger partial charge in [0.05, 0.1) is 0 Å². The summed E-state index contributed by atoms with van der Waals surface area (Å²) in [6.07, 6.45) is 0. The third kappa shape index (κ3) is 3.55. The summed E-state index contributed by atoms with van der Waals surface area (Å²) >= 11 is 8.24. The van der Waals surface area contributed by atoms with E-state index in [1.165, 1.54) is 6.07 Å². The minimum Gasteiger partial charge on any atom is -0.489 e. The maximum atomic E-state index is 13.5. The molecule has 0 unspecified atom stereocenters. The van der Waals surface area contributed by atoms with Crippen LogP contribution in [0, 0.1) is 12.7 Å². The number of ether oxygens (including phenoxy) is 1. The maximum Gasteiger partial charge on any atom is 0.133 e. The van der Waals surface area contributed by atoms with Gasteiger partial charge in [-0.25, -0.2) is 4.39 Å². The summed E-state index contributed by atoms with van der Waals surface area (Å²) in [5.74, 6) is 0.340. The van der Waals surface area contributed by atoms with Gasteiger partial charge >= 0.3 is 0 Å². The number of rotatable bonds is 4.